The Hall–Kier alpha value is -1.43. The van der Waals surface area contributed by atoms with Crippen LogP contribution in [0.1, 0.15) is 31.9 Å². The van der Waals surface area contributed by atoms with Crippen LogP contribution < -0.4 is 0 Å². The second kappa shape index (κ2) is 6.13. The average molecular weight is 358 g/mol. The van der Waals surface area contributed by atoms with Gasteiger partial charge in [0.25, 0.3) is 0 Å². The predicted octanol–water partition coefficient (Wildman–Crippen LogP) is 3.22. The highest BCUT2D eigenvalue weighted by molar-refractivity contribution is 9.10. The average Bonchev–Trinajstić information content (AvgIpc) is 2.70. The summed E-state index contributed by atoms with van der Waals surface area (Å²) in [5.74, 6) is -2.30. The molecule has 21 heavy (non-hydrogen) atoms. The van der Waals surface area contributed by atoms with E-state index in [0.29, 0.717) is 16.6 Å². The smallest absolute Gasteiger partial charge is 0.309 e. The number of halogens is 2. The van der Waals surface area contributed by atoms with E-state index in [1.165, 1.54) is 6.07 Å². The Balaban J connectivity index is 2.43. The summed E-state index contributed by atoms with van der Waals surface area (Å²) < 4.78 is 14.1. The summed E-state index contributed by atoms with van der Waals surface area (Å²) >= 11 is 3.08. The van der Waals surface area contributed by atoms with E-state index >= 15 is 0 Å². The summed E-state index contributed by atoms with van der Waals surface area (Å²) in [4.78, 5) is 25.1. The Morgan fingerprint density at radius 2 is 2.19 bits per heavy atom. The van der Waals surface area contributed by atoms with Crippen molar-refractivity contribution in [1.29, 1.82) is 0 Å². The fourth-order valence-electron chi connectivity index (χ4n) is 2.73. The Morgan fingerprint density at radius 3 is 2.71 bits per heavy atom. The summed E-state index contributed by atoms with van der Waals surface area (Å²) in [5.41, 5.74) is 0.523. The molecule has 2 rings (SSSR count). The van der Waals surface area contributed by atoms with Crippen LogP contribution in [0, 0.1) is 17.7 Å². The van der Waals surface area contributed by atoms with Gasteiger partial charge in [0.1, 0.15) is 5.82 Å². The number of carboxylic acids is 1. The van der Waals surface area contributed by atoms with Gasteiger partial charge in [0, 0.05) is 13.0 Å². The highest BCUT2D eigenvalue weighted by atomic mass is 79.9. The van der Waals surface area contributed by atoms with Gasteiger partial charge < -0.3 is 10.0 Å². The van der Waals surface area contributed by atoms with Gasteiger partial charge in [-0.3, -0.25) is 9.59 Å². The highest BCUT2D eigenvalue weighted by Crippen LogP contribution is 2.39. The van der Waals surface area contributed by atoms with Gasteiger partial charge in [-0.15, -0.1) is 0 Å². The maximum atomic E-state index is 13.7. The van der Waals surface area contributed by atoms with Gasteiger partial charge in [-0.1, -0.05) is 19.9 Å². The predicted molar refractivity (Wildman–Crippen MR) is 79.1 cm³/mol. The van der Waals surface area contributed by atoms with Gasteiger partial charge >= 0.3 is 5.97 Å². The molecule has 0 spiro atoms. The second-order valence-corrected chi connectivity index (χ2v) is 6.56. The first-order chi connectivity index (χ1) is 9.81. The third kappa shape index (κ3) is 3.26. The molecule has 0 saturated carbocycles. The van der Waals surface area contributed by atoms with E-state index in [0.717, 1.165) is 0 Å². The molecule has 1 aromatic rings. The van der Waals surface area contributed by atoms with Crippen LogP contribution in [-0.4, -0.2) is 28.4 Å². The maximum Gasteiger partial charge on any atom is 0.309 e. The van der Waals surface area contributed by atoms with Gasteiger partial charge in [0.2, 0.25) is 5.91 Å². The lowest BCUT2D eigenvalue weighted by atomic mass is 9.93. The lowest BCUT2D eigenvalue weighted by Crippen LogP contribution is -2.33. The number of likely N-dealkylation sites (tertiary alicyclic amines) is 1. The monoisotopic (exact) mass is 357 g/mol. The molecule has 0 aromatic heterocycles. The van der Waals surface area contributed by atoms with Gasteiger partial charge in [-0.25, -0.2) is 4.39 Å². The molecule has 1 heterocycles. The third-order valence-electron chi connectivity index (χ3n) is 3.60. The van der Waals surface area contributed by atoms with Crippen molar-refractivity contribution in [3.8, 4) is 0 Å². The van der Waals surface area contributed by atoms with E-state index in [2.05, 4.69) is 15.9 Å². The number of carbonyl (C=O) groups is 2. The number of rotatable bonds is 4. The minimum atomic E-state index is -1.03. The molecular weight excluding hydrogens is 341 g/mol. The number of carbonyl (C=O) groups excluding carboxylic acids is 1. The van der Waals surface area contributed by atoms with Gasteiger partial charge in [0.15, 0.2) is 0 Å². The fraction of sp³-hybridized carbons (Fsp3) is 0.467. The van der Waals surface area contributed by atoms with E-state index < -0.39 is 23.7 Å². The number of nitrogens with zero attached hydrogens (tertiary/aromatic N) is 1. The van der Waals surface area contributed by atoms with E-state index in [9.17, 15) is 19.1 Å². The molecule has 2 unspecified atom stereocenters. The molecule has 0 bridgehead atoms. The summed E-state index contributed by atoms with van der Waals surface area (Å²) in [6, 6.07) is 3.90. The molecule has 2 atom stereocenters. The van der Waals surface area contributed by atoms with Crippen LogP contribution in [0.15, 0.2) is 22.7 Å². The van der Waals surface area contributed by atoms with Crippen LogP contribution in [0.4, 0.5) is 4.39 Å². The number of carboxylic acid groups (broad SMARTS) is 1. The topological polar surface area (TPSA) is 57.6 Å². The van der Waals surface area contributed by atoms with Gasteiger partial charge in [0.05, 0.1) is 16.4 Å². The van der Waals surface area contributed by atoms with Crippen LogP contribution in [-0.2, 0) is 9.59 Å². The second-order valence-electron chi connectivity index (χ2n) is 5.71. The van der Waals surface area contributed by atoms with E-state index in [1.807, 2.05) is 13.8 Å². The zero-order chi connectivity index (χ0) is 15.7. The first-order valence-corrected chi connectivity index (χ1v) is 7.57. The molecule has 0 aliphatic carbocycles. The Kier molecular flexibility index (Phi) is 4.66. The molecule has 1 aromatic carbocycles. The number of hydrogen-bond donors (Lipinski definition) is 1. The van der Waals surface area contributed by atoms with E-state index in [-0.39, 0.29) is 18.2 Å². The largest absolute Gasteiger partial charge is 0.481 e. The number of hydrogen-bond acceptors (Lipinski definition) is 2. The van der Waals surface area contributed by atoms with Crippen LogP contribution in [0.2, 0.25) is 0 Å². The molecule has 1 amide bonds. The van der Waals surface area contributed by atoms with Crippen molar-refractivity contribution in [3.05, 3.63) is 34.1 Å². The SMILES string of the molecule is CC(C)CN1C(=O)CC(C(=O)O)C1c1ccc(Br)c(F)c1. The third-order valence-corrected chi connectivity index (χ3v) is 4.24. The Morgan fingerprint density at radius 1 is 1.52 bits per heavy atom. The molecule has 1 aliphatic heterocycles. The minimum Gasteiger partial charge on any atom is -0.481 e. The van der Waals surface area contributed by atoms with Crippen molar-refractivity contribution in [2.24, 2.45) is 11.8 Å². The summed E-state index contributed by atoms with van der Waals surface area (Å²) in [7, 11) is 0. The zero-order valence-electron chi connectivity index (χ0n) is 11.8. The van der Waals surface area contributed by atoms with E-state index in [1.54, 1.807) is 17.0 Å². The normalized spacial score (nSPS) is 22.1. The van der Waals surface area contributed by atoms with Crippen molar-refractivity contribution in [3.63, 3.8) is 0 Å². The fourth-order valence-corrected chi connectivity index (χ4v) is 2.98. The van der Waals surface area contributed by atoms with Gasteiger partial charge in [-0.2, -0.15) is 0 Å². The number of aliphatic carboxylic acids is 1. The number of amides is 1. The summed E-state index contributed by atoms with van der Waals surface area (Å²) in [6.07, 6.45) is -0.0373. The molecule has 1 aliphatic rings. The Labute approximate surface area is 131 Å². The highest BCUT2D eigenvalue weighted by Gasteiger charge is 2.44. The molecule has 1 N–H and O–H groups in total. The van der Waals surface area contributed by atoms with Gasteiger partial charge in [-0.05, 0) is 39.5 Å². The van der Waals surface area contributed by atoms with Crippen molar-refractivity contribution in [1.82, 2.24) is 4.90 Å². The minimum absolute atomic E-state index is 0.0373. The first-order valence-electron chi connectivity index (χ1n) is 6.78. The molecular formula is C15H17BrFNO3. The van der Waals surface area contributed by atoms with Crippen molar-refractivity contribution < 1.29 is 19.1 Å². The van der Waals surface area contributed by atoms with Crippen LogP contribution in [0.25, 0.3) is 0 Å². The molecule has 1 fully saturated rings. The summed E-state index contributed by atoms with van der Waals surface area (Å²) in [6.45, 7) is 4.38. The van der Waals surface area contributed by atoms with Crippen LogP contribution in [0.5, 0.6) is 0 Å². The number of benzene rings is 1. The lowest BCUT2D eigenvalue weighted by molar-refractivity contribution is -0.142. The molecule has 4 nitrogen and oxygen atoms in total. The maximum absolute atomic E-state index is 13.7. The zero-order valence-corrected chi connectivity index (χ0v) is 13.4. The van der Waals surface area contributed by atoms with Crippen LogP contribution >= 0.6 is 15.9 Å². The molecule has 6 heteroatoms. The first kappa shape index (κ1) is 15.9. The summed E-state index contributed by atoms with van der Waals surface area (Å²) in [5, 5.41) is 9.36. The van der Waals surface area contributed by atoms with Crippen molar-refractivity contribution in [2.45, 2.75) is 26.3 Å². The lowest BCUT2D eigenvalue weighted by Gasteiger charge is -2.29. The quantitative estimate of drug-likeness (QED) is 0.899. The molecule has 0 radical (unpaired) electrons. The molecule has 114 valence electrons. The van der Waals surface area contributed by atoms with E-state index in [4.69, 9.17) is 0 Å². The standard InChI is InChI=1S/C15H17BrFNO3/c1-8(2)7-18-13(19)6-10(15(20)21)14(18)9-3-4-11(16)12(17)5-9/h3-5,8,10,14H,6-7H2,1-2H3,(H,20,21). The van der Waals surface area contributed by atoms with Crippen LogP contribution in [0.3, 0.4) is 0 Å². The molecule has 1 saturated heterocycles. The van der Waals surface area contributed by atoms with Crippen molar-refractivity contribution in [2.75, 3.05) is 6.54 Å². The van der Waals surface area contributed by atoms with Crippen molar-refractivity contribution >= 4 is 27.8 Å². The Bertz CT molecular complexity index is 576.